The van der Waals surface area contributed by atoms with Crippen LogP contribution in [0.5, 0.6) is 17.2 Å². The quantitative estimate of drug-likeness (QED) is 0.225. The van der Waals surface area contributed by atoms with Crippen LogP contribution in [0.4, 0.5) is 5.69 Å². The first-order valence-corrected chi connectivity index (χ1v) is 10.2. The predicted molar refractivity (Wildman–Crippen MR) is 123 cm³/mol. The number of amides is 1. The Hall–Kier alpha value is -3.26. The summed E-state index contributed by atoms with van der Waals surface area (Å²) in [6, 6.07) is 12.0. The smallest absolute Gasteiger partial charge is 0.344 e. The van der Waals surface area contributed by atoms with Gasteiger partial charge in [0.25, 0.3) is 5.91 Å². The first-order valence-electron chi connectivity index (χ1n) is 9.15. The average Bonchev–Trinajstić information content (AvgIpc) is 2.76. The number of halogens is 1. The van der Waals surface area contributed by atoms with E-state index in [4.69, 9.17) is 18.9 Å². The maximum Gasteiger partial charge on any atom is 0.344 e. The molecule has 0 aliphatic carbocycles. The van der Waals surface area contributed by atoms with Crippen LogP contribution < -0.4 is 19.5 Å². The highest BCUT2D eigenvalue weighted by molar-refractivity contribution is 14.1. The van der Waals surface area contributed by atoms with E-state index in [1.165, 1.54) is 13.2 Å². The molecular weight excluding hydrogens is 515 g/mol. The van der Waals surface area contributed by atoms with Crippen LogP contribution in [0.2, 0.25) is 0 Å². The lowest BCUT2D eigenvalue weighted by atomic mass is 10.1. The summed E-state index contributed by atoms with van der Waals surface area (Å²) >= 11 is 2.02. The minimum absolute atomic E-state index is 0.0890. The van der Waals surface area contributed by atoms with Crippen LogP contribution in [0.25, 0.3) is 6.08 Å². The molecule has 0 fully saturated rings. The second kappa shape index (κ2) is 11.8. The number of nitrogens with one attached hydrogen (secondary N) is 1. The van der Waals surface area contributed by atoms with Crippen molar-refractivity contribution in [1.82, 2.24) is 0 Å². The molecular formula is C22H21IN2O6. The number of carbonyl (C=O) groups is 2. The van der Waals surface area contributed by atoms with Crippen LogP contribution in [0.15, 0.2) is 42.0 Å². The number of carbonyl (C=O) groups excluding carboxylic acids is 2. The van der Waals surface area contributed by atoms with Gasteiger partial charge in [0.1, 0.15) is 17.4 Å². The van der Waals surface area contributed by atoms with Crippen LogP contribution in [0, 0.1) is 14.9 Å². The van der Waals surface area contributed by atoms with Gasteiger partial charge in [-0.2, -0.15) is 5.26 Å². The summed E-state index contributed by atoms with van der Waals surface area (Å²) in [6.07, 6.45) is 1.44. The van der Waals surface area contributed by atoms with E-state index >= 15 is 0 Å². The molecule has 0 atom stereocenters. The first-order chi connectivity index (χ1) is 14.9. The van der Waals surface area contributed by atoms with Crippen molar-refractivity contribution in [3.63, 3.8) is 0 Å². The van der Waals surface area contributed by atoms with Crippen molar-refractivity contribution >= 4 is 46.2 Å². The zero-order valence-electron chi connectivity index (χ0n) is 17.2. The van der Waals surface area contributed by atoms with Crippen LogP contribution in [-0.4, -0.2) is 39.3 Å². The molecule has 0 heterocycles. The Bertz CT molecular complexity index is 1010. The predicted octanol–water partition coefficient (Wildman–Crippen LogP) is 3.80. The number of rotatable bonds is 9. The van der Waals surface area contributed by atoms with E-state index < -0.39 is 11.9 Å². The maximum atomic E-state index is 12.5. The number of hydrogen-bond donors (Lipinski definition) is 1. The molecule has 0 aliphatic heterocycles. The van der Waals surface area contributed by atoms with Gasteiger partial charge in [-0.15, -0.1) is 0 Å². The lowest BCUT2D eigenvalue weighted by Crippen LogP contribution is -2.15. The number of nitrogens with zero attached hydrogens (tertiary/aromatic N) is 1. The van der Waals surface area contributed by atoms with Gasteiger partial charge in [0.05, 0.1) is 24.4 Å². The Labute approximate surface area is 193 Å². The number of methoxy groups -OCH3 is 2. The summed E-state index contributed by atoms with van der Waals surface area (Å²) in [6.45, 7) is 1.71. The number of esters is 1. The second-order valence-corrected chi connectivity index (χ2v) is 7.14. The fraction of sp³-hybridized carbons (Fsp3) is 0.227. The summed E-state index contributed by atoms with van der Waals surface area (Å²) in [4.78, 5) is 24.1. The number of ether oxygens (including phenoxy) is 4. The van der Waals surface area contributed by atoms with Crippen LogP contribution in [0.3, 0.4) is 0 Å². The van der Waals surface area contributed by atoms with Gasteiger partial charge in [-0.3, -0.25) is 4.79 Å². The van der Waals surface area contributed by atoms with Crippen LogP contribution in [0.1, 0.15) is 12.5 Å². The third kappa shape index (κ3) is 6.89. The summed E-state index contributed by atoms with van der Waals surface area (Å²) < 4.78 is 21.4. The summed E-state index contributed by atoms with van der Waals surface area (Å²) in [5.41, 5.74) is 1.00. The molecule has 2 aromatic rings. The highest BCUT2D eigenvalue weighted by atomic mass is 127. The molecule has 1 amide bonds. The van der Waals surface area contributed by atoms with Crippen molar-refractivity contribution in [3.8, 4) is 23.3 Å². The molecule has 0 saturated heterocycles. The minimum atomic E-state index is -0.552. The Morgan fingerprint density at radius 1 is 1.16 bits per heavy atom. The topological polar surface area (TPSA) is 107 Å². The van der Waals surface area contributed by atoms with Gasteiger partial charge in [-0.1, -0.05) is 0 Å². The van der Waals surface area contributed by atoms with E-state index in [2.05, 4.69) is 5.32 Å². The Kier molecular flexibility index (Phi) is 9.14. The highest BCUT2D eigenvalue weighted by Gasteiger charge is 2.15. The van der Waals surface area contributed by atoms with Crippen molar-refractivity contribution in [3.05, 3.63) is 51.1 Å². The molecule has 0 saturated carbocycles. The monoisotopic (exact) mass is 536 g/mol. The fourth-order valence-electron chi connectivity index (χ4n) is 2.48. The number of benzene rings is 2. The molecule has 0 bridgehead atoms. The summed E-state index contributed by atoms with van der Waals surface area (Å²) in [5.74, 6) is 0.335. The molecule has 31 heavy (non-hydrogen) atoms. The van der Waals surface area contributed by atoms with Crippen molar-refractivity contribution in [1.29, 1.82) is 5.26 Å². The third-order valence-corrected chi connectivity index (χ3v) is 4.72. The van der Waals surface area contributed by atoms with E-state index in [0.29, 0.717) is 32.1 Å². The molecule has 162 valence electrons. The van der Waals surface area contributed by atoms with Crippen molar-refractivity contribution in [2.45, 2.75) is 6.92 Å². The number of nitriles is 1. The summed E-state index contributed by atoms with van der Waals surface area (Å²) in [5, 5.41) is 12.1. The summed E-state index contributed by atoms with van der Waals surface area (Å²) in [7, 11) is 3.00. The zero-order chi connectivity index (χ0) is 22.8. The highest BCUT2D eigenvalue weighted by Crippen LogP contribution is 2.34. The van der Waals surface area contributed by atoms with Gasteiger partial charge < -0.3 is 24.3 Å². The molecule has 0 aliphatic rings. The molecule has 1 N–H and O–H groups in total. The Balaban J connectivity index is 2.22. The standard InChI is InChI=1S/C22H21IN2O6/c1-4-30-20(26)13-31-21-18(23)10-14(11-19(21)29-3)9-15(12-24)22(27)25-16-5-7-17(28-2)8-6-16/h5-11H,4,13H2,1-3H3,(H,25,27)/b15-9-. The van der Waals surface area contributed by atoms with E-state index in [-0.39, 0.29) is 18.8 Å². The largest absolute Gasteiger partial charge is 0.497 e. The maximum absolute atomic E-state index is 12.5. The minimum Gasteiger partial charge on any atom is -0.497 e. The Morgan fingerprint density at radius 2 is 1.87 bits per heavy atom. The fourth-order valence-corrected chi connectivity index (χ4v) is 3.27. The number of anilines is 1. The Morgan fingerprint density at radius 3 is 2.45 bits per heavy atom. The normalized spacial score (nSPS) is 10.6. The molecule has 2 aromatic carbocycles. The molecule has 0 aromatic heterocycles. The molecule has 2 rings (SSSR count). The van der Waals surface area contributed by atoms with Crippen molar-refractivity contribution in [2.75, 3.05) is 32.8 Å². The molecule has 0 radical (unpaired) electrons. The first kappa shape index (κ1) is 24.0. The van der Waals surface area contributed by atoms with Crippen LogP contribution >= 0.6 is 22.6 Å². The van der Waals surface area contributed by atoms with Crippen molar-refractivity contribution < 1.29 is 28.5 Å². The van der Waals surface area contributed by atoms with E-state index in [1.54, 1.807) is 50.4 Å². The van der Waals surface area contributed by atoms with E-state index in [9.17, 15) is 14.9 Å². The molecule has 0 spiro atoms. The molecule has 0 unspecified atom stereocenters. The van der Waals surface area contributed by atoms with Gasteiger partial charge >= 0.3 is 5.97 Å². The molecule has 9 heteroatoms. The van der Waals surface area contributed by atoms with Gasteiger partial charge in [0.2, 0.25) is 0 Å². The van der Waals surface area contributed by atoms with Gasteiger partial charge in [-0.05, 0) is 77.6 Å². The zero-order valence-corrected chi connectivity index (χ0v) is 19.4. The van der Waals surface area contributed by atoms with E-state index in [1.807, 2.05) is 28.7 Å². The number of hydrogen-bond acceptors (Lipinski definition) is 7. The third-order valence-electron chi connectivity index (χ3n) is 3.92. The van der Waals surface area contributed by atoms with Gasteiger partial charge in [-0.25, -0.2) is 4.79 Å². The lowest BCUT2D eigenvalue weighted by Gasteiger charge is -2.13. The second-order valence-electron chi connectivity index (χ2n) is 5.98. The van der Waals surface area contributed by atoms with Gasteiger partial charge in [0.15, 0.2) is 18.1 Å². The van der Waals surface area contributed by atoms with E-state index in [0.717, 1.165) is 0 Å². The SMILES string of the molecule is CCOC(=O)COc1c(I)cc(/C=C(/C#N)C(=O)Nc2ccc(OC)cc2)cc1OC. The average molecular weight is 536 g/mol. The van der Waals surface area contributed by atoms with Crippen molar-refractivity contribution in [2.24, 2.45) is 0 Å². The van der Waals surface area contributed by atoms with Crippen LogP contribution in [-0.2, 0) is 14.3 Å². The molecule has 8 nitrogen and oxygen atoms in total. The lowest BCUT2D eigenvalue weighted by molar-refractivity contribution is -0.145. The van der Waals surface area contributed by atoms with Gasteiger partial charge in [0, 0.05) is 5.69 Å².